The number of aromatic nitrogens is 3. The second kappa shape index (κ2) is 14.3. The Balaban J connectivity index is 1.59. The van der Waals surface area contributed by atoms with Crippen LogP contribution in [0, 0.1) is 17.1 Å². The third-order valence-electron chi connectivity index (χ3n) is 6.65. The Hall–Kier alpha value is -5.20. The Morgan fingerprint density at radius 2 is 1.66 bits per heavy atom. The zero-order chi connectivity index (χ0) is 30.9. The molecule has 8 nitrogen and oxygen atoms in total. The number of hydrogen-bond acceptors (Lipinski definition) is 7. The van der Waals surface area contributed by atoms with Gasteiger partial charge in [0.1, 0.15) is 12.5 Å². The summed E-state index contributed by atoms with van der Waals surface area (Å²) in [6, 6.07) is 31.9. The maximum atomic E-state index is 16.0. The number of hydrogen-bond donors (Lipinski definition) is 0. The molecule has 0 amide bonds. The van der Waals surface area contributed by atoms with E-state index in [1.54, 1.807) is 41.1 Å². The zero-order valence-electron chi connectivity index (χ0n) is 25.0. The molecule has 0 aliphatic heterocycles. The minimum atomic E-state index is -0.490. The number of nitrogens with zero attached hydrogens (tertiary/aromatic N) is 5. The number of ether oxygens (including phenoxy) is 3. The van der Waals surface area contributed by atoms with Crippen LogP contribution in [0.25, 0.3) is 11.4 Å². The van der Waals surface area contributed by atoms with Crippen LogP contribution >= 0.6 is 0 Å². The summed E-state index contributed by atoms with van der Waals surface area (Å²) in [5, 5.41) is 14.2. The van der Waals surface area contributed by atoms with E-state index in [9.17, 15) is 5.26 Å². The molecule has 0 aliphatic rings. The van der Waals surface area contributed by atoms with Crippen LogP contribution in [0.1, 0.15) is 37.5 Å². The molecule has 0 spiro atoms. The molecule has 224 valence electrons. The van der Waals surface area contributed by atoms with Gasteiger partial charge in [-0.3, -0.25) is 0 Å². The van der Waals surface area contributed by atoms with Crippen LogP contribution in [0.15, 0.2) is 97.1 Å². The van der Waals surface area contributed by atoms with Crippen LogP contribution in [0.2, 0.25) is 0 Å². The fourth-order valence-electron chi connectivity index (χ4n) is 4.65. The zero-order valence-corrected chi connectivity index (χ0v) is 25.0. The molecular weight excluding hydrogens is 557 g/mol. The smallest absolute Gasteiger partial charge is 0.231 e. The van der Waals surface area contributed by atoms with Crippen LogP contribution in [0.5, 0.6) is 11.5 Å². The van der Waals surface area contributed by atoms with E-state index in [-0.39, 0.29) is 25.1 Å². The van der Waals surface area contributed by atoms with Crippen molar-refractivity contribution in [2.45, 2.75) is 46.8 Å². The van der Waals surface area contributed by atoms with Crippen LogP contribution in [0.4, 0.5) is 16.0 Å². The first-order valence-corrected chi connectivity index (χ1v) is 14.5. The molecule has 0 unspecified atom stereocenters. The lowest BCUT2D eigenvalue weighted by Crippen LogP contribution is -2.23. The van der Waals surface area contributed by atoms with E-state index in [0.717, 1.165) is 11.1 Å². The Kier molecular flexibility index (Phi) is 9.85. The van der Waals surface area contributed by atoms with Gasteiger partial charge in [-0.2, -0.15) is 10.2 Å². The molecule has 44 heavy (non-hydrogen) atoms. The van der Waals surface area contributed by atoms with E-state index in [0.29, 0.717) is 47.6 Å². The van der Waals surface area contributed by atoms with Gasteiger partial charge in [-0.25, -0.2) is 9.07 Å². The highest BCUT2D eigenvalue weighted by Crippen LogP contribution is 2.34. The lowest BCUT2D eigenvalue weighted by atomic mass is 10.1. The molecule has 0 saturated carbocycles. The molecule has 0 saturated heterocycles. The van der Waals surface area contributed by atoms with Crippen molar-refractivity contribution in [3.63, 3.8) is 0 Å². The predicted molar refractivity (Wildman–Crippen MR) is 167 cm³/mol. The molecule has 4 aromatic carbocycles. The molecule has 0 fully saturated rings. The lowest BCUT2D eigenvalue weighted by molar-refractivity contribution is 0.0570. The lowest BCUT2D eigenvalue weighted by Gasteiger charge is -2.25. The standard InChI is InChI=1S/C35H34FN5O3/c1-4-43-31-19-29(33(36)32(20-31)44-25(2)3)22-40(30-17-15-26(21-37)16-18-30)35-38-34(28-13-9-6-10-14-28)39-41(35)24-42-23-27-11-7-5-8-12-27/h5-20,25H,4,22-24H2,1-3H3. The fourth-order valence-corrected chi connectivity index (χ4v) is 4.65. The average molecular weight is 592 g/mol. The topological polar surface area (TPSA) is 85.4 Å². The van der Waals surface area contributed by atoms with Crippen LogP contribution in [-0.4, -0.2) is 27.5 Å². The van der Waals surface area contributed by atoms with Crippen molar-refractivity contribution in [2.24, 2.45) is 0 Å². The maximum absolute atomic E-state index is 16.0. The molecule has 0 atom stereocenters. The third kappa shape index (κ3) is 7.41. The van der Waals surface area contributed by atoms with Gasteiger partial charge in [-0.15, -0.1) is 5.10 Å². The molecule has 0 N–H and O–H groups in total. The summed E-state index contributed by atoms with van der Waals surface area (Å²) in [6.07, 6.45) is -0.234. The van der Waals surface area contributed by atoms with Gasteiger partial charge < -0.3 is 19.1 Å². The van der Waals surface area contributed by atoms with Gasteiger partial charge in [-0.1, -0.05) is 60.7 Å². The normalized spacial score (nSPS) is 10.9. The van der Waals surface area contributed by atoms with Crippen molar-refractivity contribution < 1.29 is 18.6 Å². The van der Waals surface area contributed by atoms with E-state index >= 15 is 4.39 Å². The van der Waals surface area contributed by atoms with Crippen molar-refractivity contribution in [3.8, 4) is 29.0 Å². The van der Waals surface area contributed by atoms with Crippen molar-refractivity contribution in [1.82, 2.24) is 14.8 Å². The van der Waals surface area contributed by atoms with E-state index in [1.165, 1.54) is 0 Å². The van der Waals surface area contributed by atoms with Gasteiger partial charge in [0.25, 0.3) is 0 Å². The van der Waals surface area contributed by atoms with Crippen molar-refractivity contribution >= 4 is 11.6 Å². The van der Waals surface area contributed by atoms with Crippen molar-refractivity contribution in [2.75, 3.05) is 11.5 Å². The minimum absolute atomic E-state index is 0.0682. The van der Waals surface area contributed by atoms with Gasteiger partial charge >= 0.3 is 0 Å². The van der Waals surface area contributed by atoms with Crippen LogP contribution in [0.3, 0.4) is 0 Å². The summed E-state index contributed by atoms with van der Waals surface area (Å²) in [4.78, 5) is 6.78. The van der Waals surface area contributed by atoms with Gasteiger partial charge in [0, 0.05) is 22.9 Å². The SMILES string of the molecule is CCOc1cc(CN(c2ccc(C#N)cc2)c2nc(-c3ccccc3)nn2COCc2ccccc2)c(F)c(OC(C)C)c1. The van der Waals surface area contributed by atoms with Gasteiger partial charge in [0.05, 0.1) is 37.5 Å². The summed E-state index contributed by atoms with van der Waals surface area (Å²) in [5.41, 5.74) is 3.38. The number of nitriles is 1. The number of benzene rings is 4. The highest BCUT2D eigenvalue weighted by atomic mass is 19.1. The molecule has 0 bridgehead atoms. The second-order valence-corrected chi connectivity index (χ2v) is 10.3. The number of anilines is 2. The maximum Gasteiger partial charge on any atom is 0.231 e. The summed E-state index contributed by atoms with van der Waals surface area (Å²) in [7, 11) is 0. The van der Waals surface area contributed by atoms with Gasteiger partial charge in [-0.05, 0) is 56.7 Å². The van der Waals surface area contributed by atoms with Crippen LogP contribution in [-0.2, 0) is 24.6 Å². The highest BCUT2D eigenvalue weighted by Gasteiger charge is 2.24. The number of halogens is 1. The highest BCUT2D eigenvalue weighted by molar-refractivity contribution is 5.63. The summed E-state index contributed by atoms with van der Waals surface area (Å²) >= 11 is 0. The number of rotatable bonds is 13. The van der Waals surface area contributed by atoms with E-state index in [1.807, 2.05) is 86.3 Å². The first kappa shape index (κ1) is 30.3. The second-order valence-electron chi connectivity index (χ2n) is 10.3. The molecule has 5 aromatic rings. The van der Waals surface area contributed by atoms with Crippen molar-refractivity contribution in [3.05, 3.63) is 120 Å². The van der Waals surface area contributed by atoms with Gasteiger partial charge in [0.15, 0.2) is 17.4 Å². The first-order valence-electron chi connectivity index (χ1n) is 14.5. The Morgan fingerprint density at radius 1 is 0.955 bits per heavy atom. The molecule has 0 radical (unpaired) electrons. The fraction of sp³-hybridized carbons (Fsp3) is 0.229. The Labute approximate surface area is 256 Å². The third-order valence-corrected chi connectivity index (χ3v) is 6.65. The van der Waals surface area contributed by atoms with E-state index in [4.69, 9.17) is 24.3 Å². The van der Waals surface area contributed by atoms with Crippen LogP contribution < -0.4 is 14.4 Å². The van der Waals surface area contributed by atoms with Gasteiger partial charge in [0.2, 0.25) is 5.95 Å². The molecule has 5 rings (SSSR count). The van der Waals surface area contributed by atoms with E-state index < -0.39 is 5.82 Å². The molecular formula is C35H34FN5O3. The summed E-state index contributed by atoms with van der Waals surface area (Å²) in [6.45, 7) is 6.52. The summed E-state index contributed by atoms with van der Waals surface area (Å²) < 4.78 is 35.3. The molecule has 0 aliphatic carbocycles. The Bertz CT molecular complexity index is 1700. The van der Waals surface area contributed by atoms with Crippen molar-refractivity contribution in [1.29, 1.82) is 5.26 Å². The minimum Gasteiger partial charge on any atom is -0.494 e. The van der Waals surface area contributed by atoms with E-state index in [2.05, 4.69) is 6.07 Å². The predicted octanol–water partition coefficient (Wildman–Crippen LogP) is 7.65. The summed E-state index contributed by atoms with van der Waals surface area (Å²) in [5.74, 6) is 1.05. The molecule has 1 aromatic heterocycles. The first-order chi connectivity index (χ1) is 21.4. The monoisotopic (exact) mass is 591 g/mol. The largest absolute Gasteiger partial charge is 0.494 e. The Morgan fingerprint density at radius 3 is 2.32 bits per heavy atom. The average Bonchev–Trinajstić information content (AvgIpc) is 3.46. The molecule has 9 heteroatoms. The quantitative estimate of drug-likeness (QED) is 0.139. The molecule has 1 heterocycles.